The molecule has 3 N–H and O–H groups in total. The van der Waals surface area contributed by atoms with E-state index in [1.165, 1.54) is 12.1 Å². The summed E-state index contributed by atoms with van der Waals surface area (Å²) in [4.78, 5) is -0.395. The molecule has 0 radical (unpaired) electrons. The van der Waals surface area contributed by atoms with Gasteiger partial charge < -0.3 is 5.73 Å². The SMILES string of the molecule is NCc1ccc(S(=O)(=O)NCc2ccc(Cl)cc2)c(F)c1. The van der Waals surface area contributed by atoms with E-state index in [1.54, 1.807) is 24.3 Å². The van der Waals surface area contributed by atoms with Crippen molar-refractivity contribution in [2.24, 2.45) is 5.73 Å². The largest absolute Gasteiger partial charge is 0.326 e. The van der Waals surface area contributed by atoms with Gasteiger partial charge in [-0.2, -0.15) is 0 Å². The summed E-state index contributed by atoms with van der Waals surface area (Å²) in [7, 11) is -3.92. The number of hydrogen-bond acceptors (Lipinski definition) is 3. The van der Waals surface area contributed by atoms with Crippen LogP contribution >= 0.6 is 11.6 Å². The summed E-state index contributed by atoms with van der Waals surface area (Å²) in [6.45, 7) is 0.201. The first-order chi connectivity index (χ1) is 9.92. The van der Waals surface area contributed by atoms with Crippen molar-refractivity contribution in [1.82, 2.24) is 4.72 Å². The molecule has 0 amide bonds. The maximum absolute atomic E-state index is 13.8. The highest BCUT2D eigenvalue weighted by atomic mass is 35.5. The van der Waals surface area contributed by atoms with Gasteiger partial charge in [0, 0.05) is 18.1 Å². The van der Waals surface area contributed by atoms with Gasteiger partial charge in [0.25, 0.3) is 0 Å². The summed E-state index contributed by atoms with van der Waals surface area (Å²) >= 11 is 5.75. The van der Waals surface area contributed by atoms with Crippen LogP contribution in [-0.4, -0.2) is 8.42 Å². The molecule has 112 valence electrons. The highest BCUT2D eigenvalue weighted by Crippen LogP contribution is 2.16. The highest BCUT2D eigenvalue weighted by Gasteiger charge is 2.18. The Bertz CT molecular complexity index is 733. The molecule has 0 fully saturated rings. The Labute approximate surface area is 127 Å². The third-order valence-corrected chi connectivity index (χ3v) is 4.59. The summed E-state index contributed by atoms with van der Waals surface area (Å²) in [6.07, 6.45) is 0. The minimum atomic E-state index is -3.92. The van der Waals surface area contributed by atoms with Crippen molar-refractivity contribution in [2.75, 3.05) is 0 Å². The molecule has 0 saturated carbocycles. The Morgan fingerprint density at radius 1 is 1.10 bits per heavy atom. The smallest absolute Gasteiger partial charge is 0.243 e. The molecule has 2 rings (SSSR count). The third-order valence-electron chi connectivity index (χ3n) is 2.90. The van der Waals surface area contributed by atoms with Crippen LogP contribution in [0, 0.1) is 5.82 Å². The standard InChI is InChI=1S/C14H14ClFN2O2S/c15-12-4-1-10(2-5-12)9-18-21(19,20)14-6-3-11(8-17)7-13(14)16/h1-7,18H,8-9,17H2. The van der Waals surface area contributed by atoms with E-state index in [0.29, 0.717) is 10.6 Å². The zero-order valence-corrected chi connectivity index (χ0v) is 12.6. The number of halogens is 2. The van der Waals surface area contributed by atoms with E-state index in [2.05, 4.69) is 4.72 Å². The number of nitrogens with two attached hydrogens (primary N) is 1. The average Bonchev–Trinajstić information content (AvgIpc) is 2.46. The monoisotopic (exact) mass is 328 g/mol. The molecule has 0 aliphatic rings. The number of benzene rings is 2. The summed E-state index contributed by atoms with van der Waals surface area (Å²) < 4.78 is 40.3. The van der Waals surface area contributed by atoms with E-state index < -0.39 is 20.7 Å². The van der Waals surface area contributed by atoms with E-state index in [4.69, 9.17) is 17.3 Å². The lowest BCUT2D eigenvalue weighted by molar-refractivity contribution is 0.556. The van der Waals surface area contributed by atoms with Gasteiger partial charge in [0.15, 0.2) is 0 Å². The molecule has 2 aromatic carbocycles. The van der Waals surface area contributed by atoms with Gasteiger partial charge in [0.2, 0.25) is 10.0 Å². The van der Waals surface area contributed by atoms with E-state index in [-0.39, 0.29) is 13.1 Å². The van der Waals surface area contributed by atoms with Gasteiger partial charge in [-0.1, -0.05) is 29.8 Å². The predicted molar refractivity (Wildman–Crippen MR) is 79.8 cm³/mol. The molecule has 0 saturated heterocycles. The Kier molecular flexibility index (Phi) is 4.95. The fourth-order valence-corrected chi connectivity index (χ4v) is 2.95. The first kappa shape index (κ1) is 15.9. The zero-order chi connectivity index (χ0) is 15.5. The fourth-order valence-electron chi connectivity index (χ4n) is 1.75. The minimum Gasteiger partial charge on any atom is -0.326 e. The van der Waals surface area contributed by atoms with E-state index in [1.807, 2.05) is 0 Å². The lowest BCUT2D eigenvalue weighted by Crippen LogP contribution is -2.24. The van der Waals surface area contributed by atoms with Crippen molar-refractivity contribution in [3.05, 3.63) is 64.4 Å². The average molecular weight is 329 g/mol. The van der Waals surface area contributed by atoms with Gasteiger partial charge >= 0.3 is 0 Å². The molecular weight excluding hydrogens is 315 g/mol. The van der Waals surface area contributed by atoms with Crippen LogP contribution in [0.4, 0.5) is 4.39 Å². The predicted octanol–water partition coefficient (Wildman–Crippen LogP) is 2.42. The van der Waals surface area contributed by atoms with E-state index >= 15 is 0 Å². The van der Waals surface area contributed by atoms with Crippen molar-refractivity contribution in [2.45, 2.75) is 18.0 Å². The van der Waals surface area contributed by atoms with Crippen molar-refractivity contribution >= 4 is 21.6 Å². The van der Waals surface area contributed by atoms with Gasteiger partial charge in [-0.25, -0.2) is 17.5 Å². The molecule has 0 atom stereocenters. The van der Waals surface area contributed by atoms with Gasteiger partial charge in [-0.05, 0) is 35.4 Å². The maximum Gasteiger partial charge on any atom is 0.243 e. The topological polar surface area (TPSA) is 72.2 Å². The van der Waals surface area contributed by atoms with Crippen LogP contribution in [0.1, 0.15) is 11.1 Å². The molecule has 4 nitrogen and oxygen atoms in total. The van der Waals surface area contributed by atoms with Crippen molar-refractivity contribution in [3.8, 4) is 0 Å². The first-order valence-electron chi connectivity index (χ1n) is 6.15. The molecule has 0 aliphatic heterocycles. The van der Waals surface area contributed by atoms with Gasteiger partial charge in [0.05, 0.1) is 0 Å². The number of nitrogens with one attached hydrogen (secondary N) is 1. The van der Waals surface area contributed by atoms with Gasteiger partial charge in [-0.15, -0.1) is 0 Å². The second-order valence-corrected chi connectivity index (χ2v) is 6.59. The van der Waals surface area contributed by atoms with Crippen LogP contribution in [0.15, 0.2) is 47.4 Å². The van der Waals surface area contributed by atoms with Gasteiger partial charge in [0.1, 0.15) is 10.7 Å². The van der Waals surface area contributed by atoms with E-state index in [9.17, 15) is 12.8 Å². The summed E-state index contributed by atoms with van der Waals surface area (Å²) in [6, 6.07) is 10.5. The molecular formula is C14H14ClFN2O2S. The highest BCUT2D eigenvalue weighted by molar-refractivity contribution is 7.89. The summed E-state index contributed by atoms with van der Waals surface area (Å²) in [5.74, 6) is -0.818. The van der Waals surface area contributed by atoms with Crippen LogP contribution in [0.2, 0.25) is 5.02 Å². The summed E-state index contributed by atoms with van der Waals surface area (Å²) in [5.41, 5.74) is 6.64. The minimum absolute atomic E-state index is 0.0532. The second-order valence-electron chi connectivity index (χ2n) is 4.42. The molecule has 0 heterocycles. The van der Waals surface area contributed by atoms with Crippen molar-refractivity contribution in [1.29, 1.82) is 0 Å². The van der Waals surface area contributed by atoms with Crippen LogP contribution in [0.5, 0.6) is 0 Å². The number of hydrogen-bond donors (Lipinski definition) is 2. The second kappa shape index (κ2) is 6.53. The number of sulfonamides is 1. The van der Waals surface area contributed by atoms with Crippen LogP contribution in [-0.2, 0) is 23.1 Å². The Morgan fingerprint density at radius 2 is 1.71 bits per heavy atom. The first-order valence-corrected chi connectivity index (χ1v) is 8.01. The maximum atomic E-state index is 13.8. The van der Waals surface area contributed by atoms with Crippen molar-refractivity contribution in [3.63, 3.8) is 0 Å². The number of rotatable bonds is 5. The Morgan fingerprint density at radius 3 is 2.29 bits per heavy atom. The molecule has 2 aromatic rings. The molecule has 0 aromatic heterocycles. The molecule has 7 heteroatoms. The molecule has 0 unspecified atom stereocenters. The molecule has 0 aliphatic carbocycles. The molecule has 21 heavy (non-hydrogen) atoms. The fraction of sp³-hybridized carbons (Fsp3) is 0.143. The molecule has 0 bridgehead atoms. The van der Waals surface area contributed by atoms with Crippen molar-refractivity contribution < 1.29 is 12.8 Å². The normalized spacial score (nSPS) is 11.6. The third kappa shape index (κ3) is 4.01. The van der Waals surface area contributed by atoms with Crippen LogP contribution in [0.25, 0.3) is 0 Å². The summed E-state index contributed by atoms with van der Waals surface area (Å²) in [5, 5.41) is 0.560. The van der Waals surface area contributed by atoms with E-state index in [0.717, 1.165) is 11.6 Å². The lowest BCUT2D eigenvalue weighted by Gasteiger charge is -2.09. The zero-order valence-electron chi connectivity index (χ0n) is 11.0. The molecule has 0 spiro atoms. The Balaban J connectivity index is 2.16. The quantitative estimate of drug-likeness (QED) is 0.885. The van der Waals surface area contributed by atoms with Crippen LogP contribution < -0.4 is 10.5 Å². The lowest BCUT2D eigenvalue weighted by atomic mass is 10.2. The Hall–Kier alpha value is -1.47. The van der Waals surface area contributed by atoms with Crippen LogP contribution in [0.3, 0.4) is 0 Å². The van der Waals surface area contributed by atoms with Gasteiger partial charge in [-0.3, -0.25) is 0 Å².